The van der Waals surface area contributed by atoms with Crippen LogP contribution in [-0.4, -0.2) is 44.0 Å². The molecule has 1 aliphatic carbocycles. The van der Waals surface area contributed by atoms with Gasteiger partial charge in [-0.05, 0) is 74.6 Å². The number of nitrogens with zero attached hydrogens (tertiary/aromatic N) is 1. The maximum Gasteiger partial charge on any atom is 0.407 e. The molecule has 3 heterocycles. The van der Waals surface area contributed by atoms with Crippen LogP contribution >= 0.6 is 0 Å². The smallest absolute Gasteiger partial charge is 0.407 e. The second-order valence-electron chi connectivity index (χ2n) is 9.32. The lowest BCUT2D eigenvalue weighted by molar-refractivity contribution is 0.00716. The molecule has 1 amide bonds. The minimum absolute atomic E-state index is 0.247. The predicted octanol–water partition coefficient (Wildman–Crippen LogP) is 3.01. The summed E-state index contributed by atoms with van der Waals surface area (Å²) in [6, 6.07) is 8.03. The lowest BCUT2D eigenvalue weighted by atomic mass is 9.78. The van der Waals surface area contributed by atoms with Crippen molar-refractivity contribution < 1.29 is 14.3 Å². The van der Waals surface area contributed by atoms with Gasteiger partial charge in [0.05, 0.1) is 12.1 Å². The van der Waals surface area contributed by atoms with Crippen LogP contribution in [0.1, 0.15) is 62.6 Å². The number of fused-ring (bicyclic) bond motifs is 4. The largest absolute Gasteiger partial charge is 0.445 e. The van der Waals surface area contributed by atoms with Crippen LogP contribution in [0.3, 0.4) is 0 Å². The highest BCUT2D eigenvalue weighted by Gasteiger charge is 2.41. The molecule has 5 unspecified atom stereocenters. The molecule has 1 saturated carbocycles. The Hall–Kier alpha value is -1.83. The molecule has 5 rings (SSSR count). The quantitative estimate of drug-likeness (QED) is 0.656. The topological polar surface area (TPSA) is 74.9 Å². The fraction of sp³-hybridized carbons (Fsp3) is 0.696. The Kier molecular flexibility index (Phi) is 5.85. The van der Waals surface area contributed by atoms with Gasteiger partial charge in [0.1, 0.15) is 6.61 Å². The third kappa shape index (κ3) is 4.15. The fourth-order valence-electron chi connectivity index (χ4n) is 5.66. The molecule has 0 spiro atoms. The molecule has 3 N–H and O–H groups in total. The number of ether oxygens (including phenoxy) is 2. The molecule has 30 heavy (non-hydrogen) atoms. The molecule has 2 saturated heterocycles. The second kappa shape index (κ2) is 8.73. The van der Waals surface area contributed by atoms with Crippen LogP contribution in [0.15, 0.2) is 18.2 Å². The van der Waals surface area contributed by atoms with Crippen LogP contribution in [0.25, 0.3) is 0 Å². The zero-order valence-electron chi connectivity index (χ0n) is 17.9. The molecule has 0 radical (unpaired) electrons. The van der Waals surface area contributed by atoms with Gasteiger partial charge >= 0.3 is 6.09 Å². The first kappa shape index (κ1) is 20.1. The van der Waals surface area contributed by atoms with Gasteiger partial charge in [0.2, 0.25) is 0 Å². The number of hydrazine groups is 1. The Morgan fingerprint density at radius 2 is 2.03 bits per heavy atom. The molecule has 164 valence electrons. The van der Waals surface area contributed by atoms with Crippen LogP contribution < -0.4 is 21.1 Å². The van der Waals surface area contributed by atoms with Gasteiger partial charge in [0.25, 0.3) is 0 Å². The van der Waals surface area contributed by atoms with Crippen molar-refractivity contribution >= 4 is 11.8 Å². The Bertz CT molecular complexity index is 773. The number of nitrogens with one attached hydrogen (secondary N) is 3. The molecule has 0 aromatic heterocycles. The molecule has 7 heteroatoms. The van der Waals surface area contributed by atoms with E-state index in [4.69, 9.17) is 9.47 Å². The van der Waals surface area contributed by atoms with Gasteiger partial charge in [-0.2, -0.15) is 0 Å². The summed E-state index contributed by atoms with van der Waals surface area (Å²) in [6.07, 6.45) is 6.50. The highest BCUT2D eigenvalue weighted by molar-refractivity contribution is 5.67. The van der Waals surface area contributed by atoms with E-state index in [1.807, 2.05) is 0 Å². The summed E-state index contributed by atoms with van der Waals surface area (Å²) in [4.78, 5) is 14.6. The Morgan fingerprint density at radius 3 is 2.90 bits per heavy atom. The van der Waals surface area contributed by atoms with E-state index in [1.165, 1.54) is 24.1 Å². The number of hydrogen-bond donors (Lipinski definition) is 3. The van der Waals surface area contributed by atoms with Gasteiger partial charge in [0.15, 0.2) is 0 Å². The number of hydrogen-bond acceptors (Lipinski definition) is 6. The molecule has 3 aliphatic heterocycles. The average Bonchev–Trinajstić information content (AvgIpc) is 3.37. The minimum atomic E-state index is -0.356. The zero-order valence-corrected chi connectivity index (χ0v) is 17.9. The van der Waals surface area contributed by atoms with Gasteiger partial charge in [-0.1, -0.05) is 6.07 Å². The molecule has 1 aromatic carbocycles. The van der Waals surface area contributed by atoms with E-state index in [2.05, 4.69) is 46.2 Å². The van der Waals surface area contributed by atoms with Crippen LogP contribution in [0.5, 0.6) is 0 Å². The fourth-order valence-corrected chi connectivity index (χ4v) is 5.66. The normalized spacial score (nSPS) is 34.6. The van der Waals surface area contributed by atoms with Gasteiger partial charge in [-0.3, -0.25) is 5.43 Å². The first-order valence-corrected chi connectivity index (χ1v) is 11.6. The van der Waals surface area contributed by atoms with Crippen molar-refractivity contribution in [3.05, 3.63) is 29.3 Å². The standard InChI is InChI=1S/C23H34N4O3/c1-15-4-2-8-27(15)18-11-16-10-17(12-18)22-20-13-19(5-6-21(20)25-26-22)29-9-3-7-24-23(28)30-14-16/h10-12,15,19-22,25-26H,2-9,13-14H2,1H3,(H,24,28). The monoisotopic (exact) mass is 414 g/mol. The molecule has 1 aromatic rings. The molecule has 5 atom stereocenters. The Balaban J connectivity index is 1.47. The van der Waals surface area contributed by atoms with Gasteiger partial charge in [-0.25, -0.2) is 10.2 Å². The Labute approximate surface area is 178 Å². The lowest BCUT2D eigenvalue weighted by Crippen LogP contribution is -2.37. The van der Waals surface area contributed by atoms with Gasteiger partial charge in [-0.15, -0.1) is 0 Å². The number of carbonyl (C=O) groups excluding carboxylic acids is 1. The minimum Gasteiger partial charge on any atom is -0.445 e. The summed E-state index contributed by atoms with van der Waals surface area (Å²) < 4.78 is 11.7. The SMILES string of the molecule is CC1CCCN1c1cc2cc(c1)C1NNC3CCC(CC31)OCCCNC(=O)OC2. The van der Waals surface area contributed by atoms with E-state index in [0.29, 0.717) is 43.9 Å². The summed E-state index contributed by atoms with van der Waals surface area (Å²) >= 11 is 0. The van der Waals surface area contributed by atoms with Crippen LogP contribution in [0, 0.1) is 5.92 Å². The third-order valence-corrected chi connectivity index (χ3v) is 7.26. The number of cyclic esters (lactones) is 1. The molecule has 4 bridgehead atoms. The van der Waals surface area contributed by atoms with Gasteiger partial charge < -0.3 is 19.7 Å². The summed E-state index contributed by atoms with van der Waals surface area (Å²) in [5.74, 6) is 0.508. The van der Waals surface area contributed by atoms with Crippen molar-refractivity contribution in [2.45, 2.75) is 76.3 Å². The summed E-state index contributed by atoms with van der Waals surface area (Å²) in [6.45, 7) is 4.94. The Morgan fingerprint density at radius 1 is 1.10 bits per heavy atom. The number of anilines is 1. The van der Waals surface area contributed by atoms with E-state index in [1.54, 1.807) is 0 Å². The maximum atomic E-state index is 12.1. The molecule has 4 aliphatic rings. The highest BCUT2D eigenvalue weighted by Crippen LogP contribution is 2.40. The van der Waals surface area contributed by atoms with Crippen molar-refractivity contribution in [2.75, 3.05) is 24.6 Å². The summed E-state index contributed by atoms with van der Waals surface area (Å²) in [7, 11) is 0. The van der Waals surface area contributed by atoms with Crippen molar-refractivity contribution in [3.8, 4) is 0 Å². The highest BCUT2D eigenvalue weighted by atomic mass is 16.5. The van der Waals surface area contributed by atoms with Crippen molar-refractivity contribution in [2.24, 2.45) is 5.92 Å². The molecule has 3 fully saturated rings. The summed E-state index contributed by atoms with van der Waals surface area (Å²) in [5.41, 5.74) is 10.7. The van der Waals surface area contributed by atoms with E-state index in [9.17, 15) is 4.79 Å². The number of amides is 1. The van der Waals surface area contributed by atoms with Crippen molar-refractivity contribution in [1.82, 2.24) is 16.2 Å². The average molecular weight is 415 g/mol. The number of rotatable bonds is 1. The summed E-state index contributed by atoms with van der Waals surface area (Å²) in [5, 5.41) is 2.85. The third-order valence-electron chi connectivity index (χ3n) is 7.26. The van der Waals surface area contributed by atoms with Crippen LogP contribution in [0.2, 0.25) is 0 Å². The maximum absolute atomic E-state index is 12.1. The molecular weight excluding hydrogens is 380 g/mol. The predicted molar refractivity (Wildman–Crippen MR) is 115 cm³/mol. The van der Waals surface area contributed by atoms with Gasteiger partial charge in [0, 0.05) is 37.5 Å². The number of carbonyl (C=O) groups is 1. The van der Waals surface area contributed by atoms with Crippen LogP contribution in [0.4, 0.5) is 10.5 Å². The second-order valence-corrected chi connectivity index (χ2v) is 9.32. The first-order valence-electron chi connectivity index (χ1n) is 11.6. The van der Waals surface area contributed by atoms with E-state index in [0.717, 1.165) is 37.8 Å². The lowest BCUT2D eigenvalue weighted by Gasteiger charge is -2.33. The van der Waals surface area contributed by atoms with Crippen molar-refractivity contribution in [3.63, 3.8) is 0 Å². The van der Waals surface area contributed by atoms with E-state index >= 15 is 0 Å². The first-order chi connectivity index (χ1) is 14.7. The molecule has 7 nitrogen and oxygen atoms in total. The molecular formula is C23H34N4O3. The zero-order chi connectivity index (χ0) is 20.5. The number of benzene rings is 1. The van der Waals surface area contributed by atoms with E-state index in [-0.39, 0.29) is 12.1 Å². The van der Waals surface area contributed by atoms with E-state index < -0.39 is 0 Å². The van der Waals surface area contributed by atoms with Crippen LogP contribution in [-0.2, 0) is 16.1 Å². The number of alkyl carbamates (subject to hydrolysis) is 1. The van der Waals surface area contributed by atoms with Crippen molar-refractivity contribution in [1.29, 1.82) is 0 Å².